The van der Waals surface area contributed by atoms with E-state index in [1.54, 1.807) is 12.1 Å². The van der Waals surface area contributed by atoms with Gasteiger partial charge in [-0.3, -0.25) is 4.79 Å². The average Bonchev–Trinajstić information content (AvgIpc) is 3.02. The Morgan fingerprint density at radius 2 is 2.22 bits per heavy atom. The molecule has 0 unspecified atom stereocenters. The van der Waals surface area contributed by atoms with Crippen LogP contribution in [-0.2, 0) is 21.4 Å². The zero-order valence-corrected chi connectivity index (χ0v) is 14.3. The lowest BCUT2D eigenvalue weighted by Gasteiger charge is -2.21. The number of carbonyl (C=O) groups is 1. The highest BCUT2D eigenvalue weighted by molar-refractivity contribution is 7.88. The van der Waals surface area contributed by atoms with E-state index in [0.717, 1.165) is 25.5 Å². The molecule has 128 valence electrons. The van der Waals surface area contributed by atoms with Crippen molar-refractivity contribution in [1.29, 1.82) is 0 Å². The molecule has 0 bridgehead atoms. The van der Waals surface area contributed by atoms with Gasteiger partial charge in [-0.05, 0) is 44.2 Å². The van der Waals surface area contributed by atoms with Crippen molar-refractivity contribution in [1.82, 2.24) is 9.62 Å². The minimum Gasteiger partial charge on any atom is -0.467 e. The zero-order valence-electron chi connectivity index (χ0n) is 13.5. The predicted molar refractivity (Wildman–Crippen MR) is 88.1 cm³/mol. The fraction of sp³-hybridized carbons (Fsp3) is 0.562. The maximum Gasteiger partial charge on any atom is 0.235 e. The Labute approximate surface area is 137 Å². The first-order valence-electron chi connectivity index (χ1n) is 7.87. The number of sulfonamides is 1. The molecular formula is C16H24N2O4S. The van der Waals surface area contributed by atoms with Crippen LogP contribution in [-0.4, -0.2) is 38.0 Å². The van der Waals surface area contributed by atoms with E-state index in [1.165, 1.54) is 22.6 Å². The standard InChI is InChI=1S/C16H24N2O4S/c1-23(20,21)18(10-9-14-6-3-2-4-7-14)13-16(19)17-12-15-8-5-11-22-15/h5-6,8,11H,2-4,7,9-10,12-13H2,1H3,(H,17,19). The maximum absolute atomic E-state index is 12.0. The number of carbonyl (C=O) groups excluding carboxylic acids is 1. The van der Waals surface area contributed by atoms with Crippen molar-refractivity contribution >= 4 is 15.9 Å². The van der Waals surface area contributed by atoms with E-state index in [4.69, 9.17) is 4.42 Å². The van der Waals surface area contributed by atoms with Crippen molar-refractivity contribution in [3.8, 4) is 0 Å². The summed E-state index contributed by atoms with van der Waals surface area (Å²) in [7, 11) is -3.41. The van der Waals surface area contributed by atoms with Gasteiger partial charge in [0.15, 0.2) is 0 Å². The first kappa shape index (κ1) is 17.7. The Morgan fingerprint density at radius 3 is 2.83 bits per heavy atom. The summed E-state index contributed by atoms with van der Waals surface area (Å²) in [5.74, 6) is 0.307. The van der Waals surface area contributed by atoms with Gasteiger partial charge in [-0.1, -0.05) is 11.6 Å². The van der Waals surface area contributed by atoms with E-state index >= 15 is 0 Å². The minimum absolute atomic E-state index is 0.160. The monoisotopic (exact) mass is 340 g/mol. The van der Waals surface area contributed by atoms with Crippen molar-refractivity contribution in [3.05, 3.63) is 35.8 Å². The Bertz CT molecular complexity index is 635. The number of hydrogen-bond donors (Lipinski definition) is 1. The summed E-state index contributed by atoms with van der Waals surface area (Å²) in [6, 6.07) is 3.49. The smallest absolute Gasteiger partial charge is 0.235 e. The molecule has 0 aromatic carbocycles. The molecule has 0 saturated carbocycles. The largest absolute Gasteiger partial charge is 0.467 e. The second-order valence-corrected chi connectivity index (χ2v) is 7.79. The topological polar surface area (TPSA) is 79.6 Å². The minimum atomic E-state index is -3.41. The molecule has 1 heterocycles. The molecule has 6 nitrogen and oxygen atoms in total. The molecule has 1 aliphatic carbocycles. The van der Waals surface area contributed by atoms with Crippen molar-refractivity contribution < 1.29 is 17.6 Å². The summed E-state index contributed by atoms with van der Waals surface area (Å²) >= 11 is 0. The Balaban J connectivity index is 1.85. The third-order valence-corrected chi connectivity index (χ3v) is 5.15. The van der Waals surface area contributed by atoms with Crippen LogP contribution < -0.4 is 5.32 Å². The maximum atomic E-state index is 12.0. The van der Waals surface area contributed by atoms with Gasteiger partial charge in [0, 0.05) is 6.54 Å². The van der Waals surface area contributed by atoms with Gasteiger partial charge in [-0.25, -0.2) is 8.42 Å². The molecule has 0 aliphatic heterocycles. The van der Waals surface area contributed by atoms with Gasteiger partial charge in [0.2, 0.25) is 15.9 Å². The second-order valence-electron chi connectivity index (χ2n) is 5.81. The average molecular weight is 340 g/mol. The molecule has 1 N–H and O–H groups in total. The summed E-state index contributed by atoms with van der Waals surface area (Å²) in [6.45, 7) is 0.445. The summed E-state index contributed by atoms with van der Waals surface area (Å²) < 4.78 is 30.1. The summed E-state index contributed by atoms with van der Waals surface area (Å²) in [6.07, 6.45) is 10.0. The normalized spacial score (nSPS) is 15.5. The zero-order chi connectivity index (χ0) is 16.7. The van der Waals surface area contributed by atoms with Crippen LogP contribution >= 0.6 is 0 Å². The first-order valence-corrected chi connectivity index (χ1v) is 9.72. The predicted octanol–water partition coefficient (Wildman–Crippen LogP) is 2.05. The van der Waals surface area contributed by atoms with Crippen molar-refractivity contribution in [2.75, 3.05) is 19.3 Å². The van der Waals surface area contributed by atoms with Crippen molar-refractivity contribution in [2.45, 2.75) is 38.6 Å². The molecule has 0 atom stereocenters. The third kappa shape index (κ3) is 6.19. The van der Waals surface area contributed by atoms with Crippen LogP contribution in [0.4, 0.5) is 0 Å². The van der Waals surface area contributed by atoms with E-state index in [9.17, 15) is 13.2 Å². The number of nitrogens with zero attached hydrogens (tertiary/aromatic N) is 1. The van der Waals surface area contributed by atoms with E-state index < -0.39 is 10.0 Å². The molecule has 1 aromatic heterocycles. The SMILES string of the molecule is CS(=O)(=O)N(CCC1=CCCCC1)CC(=O)NCc1ccco1. The Kier molecular flexibility index (Phi) is 6.41. The third-order valence-electron chi connectivity index (χ3n) is 3.90. The van der Waals surface area contributed by atoms with Crippen molar-refractivity contribution in [3.63, 3.8) is 0 Å². The molecule has 2 rings (SSSR count). The van der Waals surface area contributed by atoms with Gasteiger partial charge in [0.1, 0.15) is 5.76 Å². The van der Waals surface area contributed by atoms with E-state index in [1.807, 2.05) is 0 Å². The van der Waals surface area contributed by atoms with Crippen molar-refractivity contribution in [2.24, 2.45) is 0 Å². The lowest BCUT2D eigenvalue weighted by molar-refractivity contribution is -0.121. The van der Waals surface area contributed by atoms with Gasteiger partial charge in [-0.2, -0.15) is 4.31 Å². The van der Waals surface area contributed by atoms with Gasteiger partial charge >= 0.3 is 0 Å². The Morgan fingerprint density at radius 1 is 1.39 bits per heavy atom. The van der Waals surface area contributed by atoms with Gasteiger partial charge in [-0.15, -0.1) is 0 Å². The van der Waals surface area contributed by atoms with Gasteiger partial charge < -0.3 is 9.73 Å². The molecular weight excluding hydrogens is 316 g/mol. The summed E-state index contributed by atoms with van der Waals surface area (Å²) in [5, 5.41) is 2.67. The number of furan rings is 1. The second kappa shape index (κ2) is 8.31. The van der Waals surface area contributed by atoms with Crippen LogP contribution in [0.5, 0.6) is 0 Å². The molecule has 0 fully saturated rings. The highest BCUT2D eigenvalue weighted by atomic mass is 32.2. The lowest BCUT2D eigenvalue weighted by atomic mass is 9.97. The van der Waals surface area contributed by atoms with Crippen LogP contribution in [0.15, 0.2) is 34.5 Å². The summed E-state index contributed by atoms with van der Waals surface area (Å²) in [5.41, 5.74) is 1.29. The molecule has 0 spiro atoms. The van der Waals surface area contributed by atoms with Crippen LogP contribution in [0.25, 0.3) is 0 Å². The fourth-order valence-electron chi connectivity index (χ4n) is 2.58. The number of nitrogens with one attached hydrogen (secondary N) is 1. The molecule has 0 radical (unpaired) electrons. The van der Waals surface area contributed by atoms with Gasteiger partial charge in [0.25, 0.3) is 0 Å². The quantitative estimate of drug-likeness (QED) is 0.735. The van der Waals surface area contributed by atoms with Gasteiger partial charge in [0.05, 0.1) is 25.6 Å². The molecule has 0 saturated heterocycles. The number of hydrogen-bond acceptors (Lipinski definition) is 4. The lowest BCUT2D eigenvalue weighted by Crippen LogP contribution is -2.40. The molecule has 1 aromatic rings. The molecule has 23 heavy (non-hydrogen) atoms. The highest BCUT2D eigenvalue weighted by Gasteiger charge is 2.20. The molecule has 1 amide bonds. The fourth-order valence-corrected chi connectivity index (χ4v) is 3.35. The van der Waals surface area contributed by atoms with E-state index in [-0.39, 0.29) is 19.0 Å². The Hall–Kier alpha value is -1.60. The van der Waals surface area contributed by atoms with E-state index in [0.29, 0.717) is 18.7 Å². The van der Waals surface area contributed by atoms with Crippen LogP contribution in [0.3, 0.4) is 0 Å². The highest BCUT2D eigenvalue weighted by Crippen LogP contribution is 2.20. The first-order chi connectivity index (χ1) is 10.9. The summed E-state index contributed by atoms with van der Waals surface area (Å²) in [4.78, 5) is 12.0. The number of amides is 1. The van der Waals surface area contributed by atoms with Crippen LogP contribution in [0.2, 0.25) is 0 Å². The molecule has 1 aliphatic rings. The molecule has 7 heteroatoms. The van der Waals surface area contributed by atoms with Crippen LogP contribution in [0.1, 0.15) is 37.9 Å². The van der Waals surface area contributed by atoms with E-state index in [2.05, 4.69) is 11.4 Å². The number of rotatable bonds is 8. The number of allylic oxidation sites excluding steroid dienone is 1. The van der Waals surface area contributed by atoms with Crippen LogP contribution in [0, 0.1) is 0 Å².